The van der Waals surface area contributed by atoms with Gasteiger partial charge in [-0.1, -0.05) is 20.8 Å². The molecule has 0 aliphatic heterocycles. The Hall–Kier alpha value is -1.62. The topological polar surface area (TPSA) is 68.0 Å². The van der Waals surface area contributed by atoms with Gasteiger partial charge in [-0.15, -0.1) is 11.3 Å². The molecule has 1 amide bonds. The maximum atomic E-state index is 12.2. The molecule has 0 aliphatic carbocycles. The normalized spacial score (nSPS) is 11.7. The Labute approximate surface area is 117 Å². The fourth-order valence-corrected chi connectivity index (χ4v) is 2.64. The third kappa shape index (κ3) is 2.87. The van der Waals surface area contributed by atoms with Crippen molar-refractivity contribution in [1.29, 1.82) is 0 Å². The molecule has 102 valence electrons. The predicted molar refractivity (Wildman–Crippen MR) is 80.4 cm³/mol. The first-order valence-electron chi connectivity index (χ1n) is 6.36. The SMILES string of the molecule is CCC(C)(C)CNC(=O)c1sc2cccnc2c1N. The summed E-state index contributed by atoms with van der Waals surface area (Å²) in [6, 6.07) is 3.77. The van der Waals surface area contributed by atoms with E-state index < -0.39 is 0 Å². The number of nitrogens with two attached hydrogens (primary N) is 1. The van der Waals surface area contributed by atoms with Gasteiger partial charge in [-0.3, -0.25) is 9.78 Å². The summed E-state index contributed by atoms with van der Waals surface area (Å²) < 4.78 is 0.944. The van der Waals surface area contributed by atoms with Crippen LogP contribution >= 0.6 is 11.3 Å². The van der Waals surface area contributed by atoms with Gasteiger partial charge in [0.15, 0.2) is 0 Å². The van der Waals surface area contributed by atoms with Crippen LogP contribution in [0.15, 0.2) is 18.3 Å². The Balaban J connectivity index is 2.20. The summed E-state index contributed by atoms with van der Waals surface area (Å²) in [5.41, 5.74) is 7.29. The van der Waals surface area contributed by atoms with Crippen molar-refractivity contribution in [3.8, 4) is 0 Å². The number of nitrogens with one attached hydrogen (secondary N) is 1. The number of rotatable bonds is 4. The molecule has 0 saturated carbocycles. The highest BCUT2D eigenvalue weighted by molar-refractivity contribution is 7.21. The van der Waals surface area contributed by atoms with Crippen LogP contribution in [0, 0.1) is 5.41 Å². The number of hydrogen-bond acceptors (Lipinski definition) is 4. The average molecular weight is 277 g/mol. The van der Waals surface area contributed by atoms with Gasteiger partial charge in [-0.2, -0.15) is 0 Å². The highest BCUT2D eigenvalue weighted by Gasteiger charge is 2.20. The summed E-state index contributed by atoms with van der Waals surface area (Å²) >= 11 is 1.39. The lowest BCUT2D eigenvalue weighted by molar-refractivity contribution is 0.0940. The summed E-state index contributed by atoms with van der Waals surface area (Å²) in [6.45, 7) is 7.01. The van der Waals surface area contributed by atoms with Crippen molar-refractivity contribution in [3.05, 3.63) is 23.2 Å². The van der Waals surface area contributed by atoms with Gasteiger partial charge in [0.1, 0.15) is 10.4 Å². The number of pyridine rings is 1. The zero-order valence-corrected chi connectivity index (χ0v) is 12.3. The van der Waals surface area contributed by atoms with Crippen LogP contribution in [0.5, 0.6) is 0 Å². The van der Waals surface area contributed by atoms with Crippen LogP contribution in [0.25, 0.3) is 10.2 Å². The molecule has 2 aromatic heterocycles. The van der Waals surface area contributed by atoms with E-state index in [0.717, 1.165) is 11.1 Å². The minimum Gasteiger partial charge on any atom is -0.396 e. The van der Waals surface area contributed by atoms with E-state index in [4.69, 9.17) is 5.73 Å². The summed E-state index contributed by atoms with van der Waals surface area (Å²) in [4.78, 5) is 17.0. The largest absolute Gasteiger partial charge is 0.396 e. The molecule has 0 fully saturated rings. The highest BCUT2D eigenvalue weighted by atomic mass is 32.1. The molecule has 2 rings (SSSR count). The van der Waals surface area contributed by atoms with Gasteiger partial charge in [0, 0.05) is 12.7 Å². The molecule has 4 nitrogen and oxygen atoms in total. The van der Waals surface area contributed by atoms with Crippen molar-refractivity contribution in [1.82, 2.24) is 10.3 Å². The van der Waals surface area contributed by atoms with Gasteiger partial charge in [-0.25, -0.2) is 0 Å². The van der Waals surface area contributed by atoms with E-state index in [1.807, 2.05) is 12.1 Å². The smallest absolute Gasteiger partial charge is 0.263 e. The lowest BCUT2D eigenvalue weighted by atomic mass is 9.90. The molecule has 0 aromatic carbocycles. The number of fused-ring (bicyclic) bond motifs is 1. The van der Waals surface area contributed by atoms with E-state index in [2.05, 4.69) is 31.1 Å². The predicted octanol–water partition coefficient (Wildman–Crippen LogP) is 3.04. The number of aromatic nitrogens is 1. The van der Waals surface area contributed by atoms with Crippen LogP contribution in [0.2, 0.25) is 0 Å². The monoisotopic (exact) mass is 277 g/mol. The summed E-state index contributed by atoms with van der Waals surface area (Å²) in [6.07, 6.45) is 2.70. The molecule has 0 saturated heterocycles. The molecule has 0 bridgehead atoms. The van der Waals surface area contributed by atoms with Crippen LogP contribution < -0.4 is 11.1 Å². The van der Waals surface area contributed by atoms with Crippen LogP contribution in [0.3, 0.4) is 0 Å². The number of hydrogen-bond donors (Lipinski definition) is 2. The number of carbonyl (C=O) groups excluding carboxylic acids is 1. The van der Waals surface area contributed by atoms with Crippen LogP contribution in [-0.4, -0.2) is 17.4 Å². The first kappa shape index (κ1) is 13.8. The van der Waals surface area contributed by atoms with Gasteiger partial charge >= 0.3 is 0 Å². The maximum Gasteiger partial charge on any atom is 0.263 e. The van der Waals surface area contributed by atoms with Crippen molar-refractivity contribution in [2.45, 2.75) is 27.2 Å². The quantitative estimate of drug-likeness (QED) is 0.902. The highest BCUT2D eigenvalue weighted by Crippen LogP contribution is 2.31. The van der Waals surface area contributed by atoms with E-state index >= 15 is 0 Å². The second-order valence-electron chi connectivity index (χ2n) is 5.40. The van der Waals surface area contributed by atoms with Crippen LogP contribution in [0.4, 0.5) is 5.69 Å². The Morgan fingerprint density at radius 1 is 1.53 bits per heavy atom. The van der Waals surface area contributed by atoms with Gasteiger partial charge in [-0.05, 0) is 24.0 Å². The van der Waals surface area contributed by atoms with Gasteiger partial charge in [0.2, 0.25) is 0 Å². The fourth-order valence-electron chi connectivity index (χ4n) is 1.64. The minimum atomic E-state index is -0.109. The van der Waals surface area contributed by atoms with E-state index in [1.54, 1.807) is 6.20 Å². The van der Waals surface area contributed by atoms with Crippen LogP contribution in [0.1, 0.15) is 36.9 Å². The second-order valence-corrected chi connectivity index (χ2v) is 6.45. The molecular weight excluding hydrogens is 258 g/mol. The molecule has 0 radical (unpaired) electrons. The minimum absolute atomic E-state index is 0.0966. The van der Waals surface area contributed by atoms with E-state index in [1.165, 1.54) is 11.3 Å². The Morgan fingerprint density at radius 2 is 2.26 bits per heavy atom. The third-order valence-corrected chi connectivity index (χ3v) is 4.53. The van der Waals surface area contributed by atoms with E-state index in [9.17, 15) is 4.79 Å². The summed E-state index contributed by atoms with van der Waals surface area (Å²) in [5, 5.41) is 2.96. The maximum absolute atomic E-state index is 12.2. The zero-order valence-electron chi connectivity index (χ0n) is 11.5. The summed E-state index contributed by atoms with van der Waals surface area (Å²) in [7, 11) is 0. The van der Waals surface area contributed by atoms with Gasteiger partial charge in [0.25, 0.3) is 5.91 Å². The van der Waals surface area contributed by atoms with Crippen molar-refractivity contribution in [3.63, 3.8) is 0 Å². The molecule has 2 heterocycles. The zero-order chi connectivity index (χ0) is 14.0. The first-order valence-corrected chi connectivity index (χ1v) is 7.17. The number of thiophene rings is 1. The van der Waals surface area contributed by atoms with Crippen molar-refractivity contribution in [2.24, 2.45) is 5.41 Å². The molecule has 0 unspecified atom stereocenters. The molecule has 0 spiro atoms. The number of nitrogens with zero attached hydrogens (tertiary/aromatic N) is 1. The Kier molecular flexibility index (Phi) is 3.75. The molecule has 3 N–H and O–H groups in total. The second kappa shape index (κ2) is 5.17. The summed E-state index contributed by atoms with van der Waals surface area (Å²) in [5.74, 6) is -0.109. The number of carbonyl (C=O) groups is 1. The standard InChI is InChI=1S/C14H19N3OS/c1-4-14(2,3)8-17-13(18)12-10(15)11-9(19-12)6-5-7-16-11/h5-7H,4,8,15H2,1-3H3,(H,17,18). The average Bonchev–Trinajstić information content (AvgIpc) is 2.74. The van der Waals surface area contributed by atoms with E-state index in [0.29, 0.717) is 22.6 Å². The number of amides is 1. The number of anilines is 1. The number of nitrogen functional groups attached to an aromatic ring is 1. The molecule has 0 aliphatic rings. The molecule has 5 heteroatoms. The van der Waals surface area contributed by atoms with Crippen molar-refractivity contribution in [2.75, 3.05) is 12.3 Å². The lowest BCUT2D eigenvalue weighted by Gasteiger charge is -2.22. The van der Waals surface area contributed by atoms with Gasteiger partial charge in [0.05, 0.1) is 10.4 Å². The molecule has 19 heavy (non-hydrogen) atoms. The fraction of sp³-hybridized carbons (Fsp3) is 0.429. The first-order chi connectivity index (χ1) is 8.94. The molecule has 2 aromatic rings. The molecule has 0 atom stereocenters. The third-order valence-electron chi connectivity index (χ3n) is 3.37. The van der Waals surface area contributed by atoms with Gasteiger partial charge < -0.3 is 11.1 Å². The Morgan fingerprint density at radius 3 is 2.89 bits per heavy atom. The lowest BCUT2D eigenvalue weighted by Crippen LogP contribution is -2.33. The van der Waals surface area contributed by atoms with Crippen LogP contribution in [-0.2, 0) is 0 Å². The van der Waals surface area contributed by atoms with Crippen molar-refractivity contribution >= 4 is 33.1 Å². The van der Waals surface area contributed by atoms with Crippen molar-refractivity contribution < 1.29 is 4.79 Å². The Bertz CT molecular complexity index is 604. The molecular formula is C14H19N3OS. The van der Waals surface area contributed by atoms with E-state index in [-0.39, 0.29) is 11.3 Å².